The molecule has 0 radical (unpaired) electrons. The van der Waals surface area contributed by atoms with Gasteiger partial charge < -0.3 is 13.9 Å². The van der Waals surface area contributed by atoms with E-state index < -0.39 is 5.24 Å². The van der Waals surface area contributed by atoms with E-state index in [0.29, 0.717) is 24.5 Å². The molecule has 1 aromatic carbocycles. The van der Waals surface area contributed by atoms with Crippen molar-refractivity contribution in [3.8, 4) is 5.75 Å². The number of halogens is 1. The average Bonchev–Trinajstić information content (AvgIpc) is 2.74. The number of methoxy groups -OCH3 is 1. The summed E-state index contributed by atoms with van der Waals surface area (Å²) in [5.74, 6) is 0.761. The first-order chi connectivity index (χ1) is 8.22. The lowest BCUT2D eigenvalue weighted by molar-refractivity contribution is 0.105. The number of carbonyl (C=O) groups excluding carboxylic acids is 1. The van der Waals surface area contributed by atoms with Crippen LogP contribution in [0.1, 0.15) is 10.6 Å². The molecule has 0 unspecified atom stereocenters. The van der Waals surface area contributed by atoms with Crippen molar-refractivity contribution in [1.29, 1.82) is 0 Å². The van der Waals surface area contributed by atoms with Crippen molar-refractivity contribution in [2.24, 2.45) is 0 Å². The normalized spacial score (nSPS) is 10.7. The lowest BCUT2D eigenvalue weighted by atomic mass is 10.2. The van der Waals surface area contributed by atoms with Gasteiger partial charge in [0.05, 0.1) is 12.0 Å². The highest BCUT2D eigenvalue weighted by Crippen LogP contribution is 2.29. The summed E-state index contributed by atoms with van der Waals surface area (Å²) in [6, 6.07) is 6.92. The van der Waals surface area contributed by atoms with Crippen molar-refractivity contribution in [2.75, 3.05) is 20.3 Å². The molecule has 0 N–H and O–H groups in total. The summed E-state index contributed by atoms with van der Waals surface area (Å²) in [7, 11) is 1.60. The van der Waals surface area contributed by atoms with Gasteiger partial charge in [0.2, 0.25) is 0 Å². The third-order valence-corrected chi connectivity index (χ3v) is 2.45. The van der Waals surface area contributed by atoms with E-state index in [0.717, 1.165) is 5.39 Å². The third kappa shape index (κ3) is 2.60. The number of fused-ring (bicyclic) bond motifs is 1. The Kier molecular flexibility index (Phi) is 3.66. The highest BCUT2D eigenvalue weighted by molar-refractivity contribution is 6.67. The van der Waals surface area contributed by atoms with Crippen molar-refractivity contribution in [2.45, 2.75) is 0 Å². The number of carbonyl (C=O) groups is 1. The molecule has 0 saturated carbocycles. The average molecular weight is 255 g/mol. The fourth-order valence-electron chi connectivity index (χ4n) is 1.49. The Bertz CT molecular complexity index is 532. The topological polar surface area (TPSA) is 48.7 Å². The maximum atomic E-state index is 11.0. The summed E-state index contributed by atoms with van der Waals surface area (Å²) in [6.45, 7) is 0.931. The number of hydrogen-bond donors (Lipinski definition) is 0. The molecule has 2 aromatic rings. The minimum absolute atomic E-state index is 0.115. The Morgan fingerprint density at radius 3 is 2.94 bits per heavy atom. The molecule has 0 fully saturated rings. The highest BCUT2D eigenvalue weighted by atomic mass is 35.5. The van der Waals surface area contributed by atoms with Crippen LogP contribution in [0.25, 0.3) is 11.0 Å². The molecule has 0 bridgehead atoms. The number of benzene rings is 1. The van der Waals surface area contributed by atoms with Crippen LogP contribution in [-0.4, -0.2) is 25.6 Å². The van der Waals surface area contributed by atoms with E-state index in [4.69, 9.17) is 25.5 Å². The van der Waals surface area contributed by atoms with Gasteiger partial charge in [-0.3, -0.25) is 4.79 Å². The summed E-state index contributed by atoms with van der Waals surface area (Å²) in [5.41, 5.74) is 0.573. The van der Waals surface area contributed by atoms with E-state index in [9.17, 15) is 4.79 Å². The quantitative estimate of drug-likeness (QED) is 0.608. The Hall–Kier alpha value is -1.52. The van der Waals surface area contributed by atoms with Crippen LogP contribution >= 0.6 is 11.6 Å². The Balaban J connectivity index is 2.32. The zero-order valence-electron chi connectivity index (χ0n) is 9.23. The molecule has 1 heterocycles. The first kappa shape index (κ1) is 12.0. The Morgan fingerprint density at radius 2 is 2.24 bits per heavy atom. The zero-order chi connectivity index (χ0) is 12.3. The second-order valence-electron chi connectivity index (χ2n) is 3.39. The molecule has 1 aromatic heterocycles. The molecule has 17 heavy (non-hydrogen) atoms. The summed E-state index contributed by atoms with van der Waals surface area (Å²) in [4.78, 5) is 11.0. The highest BCUT2D eigenvalue weighted by Gasteiger charge is 2.12. The molecule has 0 amide bonds. The van der Waals surface area contributed by atoms with Crippen molar-refractivity contribution >= 4 is 27.8 Å². The van der Waals surface area contributed by atoms with Crippen LogP contribution in [0.2, 0.25) is 0 Å². The SMILES string of the molecule is COCCOc1cccc2oc(C(=O)Cl)cc12. The van der Waals surface area contributed by atoms with Gasteiger partial charge in [-0.2, -0.15) is 0 Å². The van der Waals surface area contributed by atoms with E-state index in [1.165, 1.54) is 0 Å². The maximum absolute atomic E-state index is 11.0. The summed E-state index contributed by atoms with van der Waals surface area (Å²) in [5, 5.41) is 0.108. The van der Waals surface area contributed by atoms with Crippen LogP contribution in [0.3, 0.4) is 0 Å². The second kappa shape index (κ2) is 5.21. The summed E-state index contributed by atoms with van der Waals surface area (Å²) < 4.78 is 15.7. The van der Waals surface area contributed by atoms with Gasteiger partial charge >= 0.3 is 0 Å². The lowest BCUT2D eigenvalue weighted by Crippen LogP contribution is -2.04. The molecule has 0 aliphatic rings. The van der Waals surface area contributed by atoms with Gasteiger partial charge in [0.1, 0.15) is 17.9 Å². The van der Waals surface area contributed by atoms with Gasteiger partial charge in [-0.25, -0.2) is 0 Å². The lowest BCUT2D eigenvalue weighted by Gasteiger charge is -2.05. The fourth-order valence-corrected chi connectivity index (χ4v) is 1.58. The summed E-state index contributed by atoms with van der Waals surface area (Å²) in [6.07, 6.45) is 0. The molecule has 90 valence electrons. The number of rotatable bonds is 5. The van der Waals surface area contributed by atoms with Crippen molar-refractivity contribution in [3.05, 3.63) is 30.0 Å². The summed E-state index contributed by atoms with van der Waals surface area (Å²) >= 11 is 5.36. The van der Waals surface area contributed by atoms with E-state index >= 15 is 0 Å². The monoisotopic (exact) mass is 254 g/mol. The van der Waals surface area contributed by atoms with Gasteiger partial charge in [0.15, 0.2) is 5.76 Å². The van der Waals surface area contributed by atoms with Gasteiger partial charge in [-0.05, 0) is 23.7 Å². The van der Waals surface area contributed by atoms with Gasteiger partial charge in [-0.1, -0.05) is 6.07 Å². The Morgan fingerprint density at radius 1 is 1.41 bits per heavy atom. The van der Waals surface area contributed by atoms with Crippen molar-refractivity contribution in [3.63, 3.8) is 0 Å². The van der Waals surface area contributed by atoms with E-state index in [1.54, 1.807) is 31.4 Å². The van der Waals surface area contributed by atoms with Crippen LogP contribution in [-0.2, 0) is 4.74 Å². The molecular weight excluding hydrogens is 244 g/mol. The first-order valence-electron chi connectivity index (χ1n) is 5.06. The standard InChI is InChI=1S/C12H11ClO4/c1-15-5-6-16-9-3-2-4-10-8(9)7-11(17-10)12(13)14/h2-4,7H,5-6H2,1H3. The van der Waals surface area contributed by atoms with E-state index in [1.807, 2.05) is 0 Å². The van der Waals surface area contributed by atoms with Crippen LogP contribution < -0.4 is 4.74 Å². The molecule has 0 aliphatic carbocycles. The van der Waals surface area contributed by atoms with E-state index in [-0.39, 0.29) is 5.76 Å². The van der Waals surface area contributed by atoms with Crippen LogP contribution in [0.5, 0.6) is 5.75 Å². The predicted octanol–water partition coefficient (Wildman–Crippen LogP) is 2.84. The molecular formula is C12H11ClO4. The second-order valence-corrected chi connectivity index (χ2v) is 3.74. The molecule has 0 saturated heterocycles. The van der Waals surface area contributed by atoms with Crippen molar-refractivity contribution in [1.82, 2.24) is 0 Å². The molecule has 2 rings (SSSR count). The molecule has 0 spiro atoms. The van der Waals surface area contributed by atoms with Gasteiger partial charge in [0.25, 0.3) is 5.24 Å². The van der Waals surface area contributed by atoms with Crippen LogP contribution in [0.15, 0.2) is 28.7 Å². The smallest absolute Gasteiger partial charge is 0.287 e. The van der Waals surface area contributed by atoms with Gasteiger partial charge in [-0.15, -0.1) is 0 Å². The minimum Gasteiger partial charge on any atom is -0.490 e. The molecule has 0 atom stereocenters. The zero-order valence-corrected chi connectivity index (χ0v) is 9.99. The molecule has 4 nitrogen and oxygen atoms in total. The van der Waals surface area contributed by atoms with Crippen LogP contribution in [0, 0.1) is 0 Å². The number of furan rings is 1. The molecule has 0 aliphatic heterocycles. The van der Waals surface area contributed by atoms with Crippen molar-refractivity contribution < 1.29 is 18.7 Å². The van der Waals surface area contributed by atoms with E-state index in [2.05, 4.69) is 0 Å². The number of ether oxygens (including phenoxy) is 2. The predicted molar refractivity (Wildman–Crippen MR) is 63.8 cm³/mol. The molecule has 5 heteroatoms. The third-order valence-electron chi connectivity index (χ3n) is 2.26. The first-order valence-corrected chi connectivity index (χ1v) is 5.44. The fraction of sp³-hybridized carbons (Fsp3) is 0.250. The Labute approximate surface area is 103 Å². The minimum atomic E-state index is -0.621. The van der Waals surface area contributed by atoms with Crippen LogP contribution in [0.4, 0.5) is 0 Å². The largest absolute Gasteiger partial charge is 0.490 e. The number of hydrogen-bond acceptors (Lipinski definition) is 4. The maximum Gasteiger partial charge on any atom is 0.287 e. The van der Waals surface area contributed by atoms with Gasteiger partial charge in [0, 0.05) is 13.2 Å².